The van der Waals surface area contributed by atoms with Gasteiger partial charge >= 0.3 is 0 Å². The number of phenolic OH excluding ortho intramolecular Hbond substituents is 1. The van der Waals surface area contributed by atoms with Crippen LogP contribution in [-0.2, 0) is 6.54 Å². The first-order chi connectivity index (χ1) is 12.1. The average Bonchev–Trinajstić information content (AvgIpc) is 2.66. The minimum Gasteiger partial charge on any atom is -0.502 e. The molecule has 0 fully saturated rings. The van der Waals surface area contributed by atoms with E-state index in [0.717, 1.165) is 16.3 Å². The molecule has 0 radical (unpaired) electrons. The molecule has 1 heterocycles. The molecule has 1 aromatic heterocycles. The molecule has 0 aliphatic carbocycles. The number of methoxy groups -OCH3 is 2. The number of carbonyl (C=O) groups is 1. The number of phenols is 1. The van der Waals surface area contributed by atoms with Gasteiger partial charge in [0.05, 0.1) is 14.2 Å². The van der Waals surface area contributed by atoms with E-state index in [1.807, 2.05) is 30.3 Å². The number of aromatic hydroxyl groups is 1. The van der Waals surface area contributed by atoms with Crippen LogP contribution >= 0.6 is 0 Å². The fraction of sp³-hybridized carbons (Fsp3) is 0.158. The number of fused-ring (bicyclic) bond motifs is 1. The van der Waals surface area contributed by atoms with E-state index in [9.17, 15) is 9.90 Å². The summed E-state index contributed by atoms with van der Waals surface area (Å²) in [5, 5.41) is 14.5. The van der Waals surface area contributed by atoms with Gasteiger partial charge in [-0.05, 0) is 29.1 Å². The molecule has 1 amide bonds. The van der Waals surface area contributed by atoms with E-state index in [0.29, 0.717) is 5.69 Å². The first-order valence-corrected chi connectivity index (χ1v) is 7.70. The Morgan fingerprint density at radius 2 is 1.80 bits per heavy atom. The van der Waals surface area contributed by atoms with Gasteiger partial charge < -0.3 is 19.9 Å². The number of hydrogen-bond donors (Lipinski definition) is 2. The van der Waals surface area contributed by atoms with Crippen molar-refractivity contribution in [1.29, 1.82) is 0 Å². The maximum absolute atomic E-state index is 12.5. The largest absolute Gasteiger partial charge is 0.502 e. The molecule has 0 spiro atoms. The van der Waals surface area contributed by atoms with Crippen molar-refractivity contribution in [3.63, 3.8) is 0 Å². The van der Waals surface area contributed by atoms with Gasteiger partial charge in [-0.2, -0.15) is 0 Å². The zero-order valence-corrected chi connectivity index (χ0v) is 13.9. The Morgan fingerprint density at radius 3 is 2.48 bits per heavy atom. The molecule has 0 saturated carbocycles. The number of rotatable bonds is 5. The van der Waals surface area contributed by atoms with Crippen molar-refractivity contribution in [2.75, 3.05) is 14.2 Å². The van der Waals surface area contributed by atoms with Crippen LogP contribution in [0.25, 0.3) is 10.8 Å². The highest BCUT2D eigenvalue weighted by Crippen LogP contribution is 2.37. The van der Waals surface area contributed by atoms with E-state index in [1.165, 1.54) is 14.2 Å². The molecule has 3 aromatic rings. The number of aromatic nitrogens is 1. The number of hydrogen-bond acceptors (Lipinski definition) is 5. The van der Waals surface area contributed by atoms with Crippen molar-refractivity contribution in [1.82, 2.24) is 10.3 Å². The second-order valence-electron chi connectivity index (χ2n) is 5.41. The van der Waals surface area contributed by atoms with Crippen molar-refractivity contribution in [3.8, 4) is 17.2 Å². The lowest BCUT2D eigenvalue weighted by Crippen LogP contribution is -2.24. The van der Waals surface area contributed by atoms with Gasteiger partial charge in [0, 0.05) is 18.1 Å². The van der Waals surface area contributed by atoms with E-state index in [4.69, 9.17) is 9.47 Å². The third kappa shape index (κ3) is 3.33. The molecule has 0 bridgehead atoms. The maximum atomic E-state index is 12.5. The lowest BCUT2D eigenvalue weighted by Gasteiger charge is -2.12. The van der Waals surface area contributed by atoms with Gasteiger partial charge in [-0.25, -0.2) is 0 Å². The van der Waals surface area contributed by atoms with Crippen LogP contribution in [0.15, 0.2) is 48.7 Å². The van der Waals surface area contributed by atoms with Crippen LogP contribution in [0.2, 0.25) is 0 Å². The minimum atomic E-state index is -0.275. The monoisotopic (exact) mass is 338 g/mol. The lowest BCUT2D eigenvalue weighted by molar-refractivity contribution is 0.0947. The van der Waals surface area contributed by atoms with Crippen LogP contribution < -0.4 is 14.8 Å². The number of amides is 1. The number of pyridine rings is 1. The van der Waals surface area contributed by atoms with Gasteiger partial charge in [-0.15, -0.1) is 0 Å². The third-order valence-electron chi connectivity index (χ3n) is 3.88. The van der Waals surface area contributed by atoms with Crippen molar-refractivity contribution < 1.29 is 19.4 Å². The fourth-order valence-corrected chi connectivity index (χ4v) is 2.62. The smallest absolute Gasteiger partial charge is 0.270 e. The third-order valence-corrected chi connectivity index (χ3v) is 3.88. The van der Waals surface area contributed by atoms with E-state index < -0.39 is 0 Å². The fourth-order valence-electron chi connectivity index (χ4n) is 2.62. The van der Waals surface area contributed by atoms with Gasteiger partial charge in [0.1, 0.15) is 5.69 Å². The predicted octanol–water partition coefficient (Wildman–Crippen LogP) is 2.89. The number of nitrogens with zero attached hydrogens (tertiary/aromatic N) is 1. The Kier molecular flexibility index (Phi) is 4.70. The first kappa shape index (κ1) is 16.6. The van der Waals surface area contributed by atoms with Crippen LogP contribution in [0.1, 0.15) is 16.1 Å². The SMILES string of the molecule is COc1cc(CNC(=O)c2nccc3ccccc23)cc(OC)c1O. The summed E-state index contributed by atoms with van der Waals surface area (Å²) >= 11 is 0. The van der Waals surface area contributed by atoms with Crippen LogP contribution in [0.5, 0.6) is 17.2 Å². The Labute approximate surface area is 145 Å². The number of ether oxygens (including phenoxy) is 2. The molecular formula is C19H18N2O4. The van der Waals surface area contributed by atoms with Crippen molar-refractivity contribution in [2.45, 2.75) is 6.54 Å². The Bertz CT molecular complexity index is 894. The van der Waals surface area contributed by atoms with Crippen molar-refractivity contribution in [2.24, 2.45) is 0 Å². The van der Waals surface area contributed by atoms with E-state index >= 15 is 0 Å². The molecule has 2 aromatic carbocycles. The van der Waals surface area contributed by atoms with Crippen LogP contribution in [0, 0.1) is 0 Å². The molecule has 0 saturated heterocycles. The molecule has 25 heavy (non-hydrogen) atoms. The summed E-state index contributed by atoms with van der Waals surface area (Å²) < 4.78 is 10.2. The maximum Gasteiger partial charge on any atom is 0.270 e. The molecule has 3 rings (SSSR count). The van der Waals surface area contributed by atoms with Crippen LogP contribution in [0.4, 0.5) is 0 Å². The second-order valence-corrected chi connectivity index (χ2v) is 5.41. The molecule has 0 aliphatic heterocycles. The van der Waals surface area contributed by atoms with E-state index in [-0.39, 0.29) is 29.7 Å². The summed E-state index contributed by atoms with van der Waals surface area (Å²) in [7, 11) is 2.91. The highest BCUT2D eigenvalue weighted by Gasteiger charge is 2.14. The van der Waals surface area contributed by atoms with Gasteiger partial charge in [0.25, 0.3) is 5.91 Å². The molecule has 0 atom stereocenters. The molecule has 0 aliphatic rings. The highest BCUT2D eigenvalue weighted by molar-refractivity contribution is 6.05. The number of nitrogens with one attached hydrogen (secondary N) is 1. The molecule has 0 unspecified atom stereocenters. The van der Waals surface area contributed by atoms with Crippen molar-refractivity contribution in [3.05, 3.63) is 59.9 Å². The standard InChI is InChI=1S/C19H18N2O4/c1-24-15-9-12(10-16(25-2)18(15)22)11-21-19(23)17-14-6-4-3-5-13(14)7-8-20-17/h3-10,22H,11H2,1-2H3,(H,21,23). The highest BCUT2D eigenvalue weighted by atomic mass is 16.5. The topological polar surface area (TPSA) is 80.7 Å². The summed E-state index contributed by atoms with van der Waals surface area (Å²) in [6.07, 6.45) is 1.61. The molecule has 128 valence electrons. The van der Waals surface area contributed by atoms with Gasteiger partial charge in [0.15, 0.2) is 11.5 Å². The summed E-state index contributed by atoms with van der Waals surface area (Å²) in [5.41, 5.74) is 1.11. The summed E-state index contributed by atoms with van der Waals surface area (Å²) in [6, 6.07) is 12.7. The zero-order valence-electron chi connectivity index (χ0n) is 13.9. The average molecular weight is 338 g/mol. The Morgan fingerprint density at radius 1 is 1.12 bits per heavy atom. The quantitative estimate of drug-likeness (QED) is 0.748. The van der Waals surface area contributed by atoms with Gasteiger partial charge in [-0.1, -0.05) is 24.3 Å². The van der Waals surface area contributed by atoms with Crippen LogP contribution in [-0.4, -0.2) is 30.2 Å². The van der Waals surface area contributed by atoms with Crippen molar-refractivity contribution >= 4 is 16.7 Å². The Hall–Kier alpha value is -3.28. The molecule has 6 heteroatoms. The summed E-state index contributed by atoms with van der Waals surface area (Å²) in [5.74, 6) is 0.220. The van der Waals surface area contributed by atoms with E-state index in [1.54, 1.807) is 18.3 Å². The molecule has 2 N–H and O–H groups in total. The normalized spacial score (nSPS) is 10.5. The van der Waals surface area contributed by atoms with Gasteiger partial charge in [-0.3, -0.25) is 9.78 Å². The molecule has 6 nitrogen and oxygen atoms in total. The first-order valence-electron chi connectivity index (χ1n) is 7.70. The van der Waals surface area contributed by atoms with Gasteiger partial charge in [0.2, 0.25) is 5.75 Å². The summed E-state index contributed by atoms with van der Waals surface area (Å²) in [6.45, 7) is 0.247. The molecular weight excluding hydrogens is 320 g/mol. The minimum absolute atomic E-state index is 0.0733. The summed E-state index contributed by atoms with van der Waals surface area (Å²) in [4.78, 5) is 16.7. The predicted molar refractivity (Wildman–Crippen MR) is 94.1 cm³/mol. The number of carbonyl (C=O) groups excluding carboxylic acids is 1. The lowest BCUT2D eigenvalue weighted by atomic mass is 10.1. The second kappa shape index (κ2) is 7.09. The van der Waals surface area contributed by atoms with E-state index in [2.05, 4.69) is 10.3 Å². The zero-order chi connectivity index (χ0) is 17.8. The van der Waals surface area contributed by atoms with Crippen LogP contribution in [0.3, 0.4) is 0 Å². The number of benzene rings is 2. The Balaban J connectivity index is 1.83.